The van der Waals surface area contributed by atoms with Crippen molar-refractivity contribution in [3.8, 4) is 17.2 Å². The summed E-state index contributed by atoms with van der Waals surface area (Å²) in [7, 11) is 0. The van der Waals surface area contributed by atoms with Gasteiger partial charge in [0.2, 0.25) is 5.75 Å². The molecule has 190 valence electrons. The fourth-order valence-corrected chi connectivity index (χ4v) is 3.84. The summed E-state index contributed by atoms with van der Waals surface area (Å²) in [6, 6.07) is 23.1. The van der Waals surface area contributed by atoms with E-state index in [0.29, 0.717) is 0 Å². The second kappa shape index (κ2) is 11.2. The Hall–Kier alpha value is -5.24. The van der Waals surface area contributed by atoms with Crippen molar-refractivity contribution in [3.05, 3.63) is 124 Å². The molecule has 4 aromatic rings. The summed E-state index contributed by atoms with van der Waals surface area (Å²) in [5.41, 5.74) is -1.69. The number of esters is 2. The number of ether oxygens (including phenoxy) is 2. The average molecular weight is 510 g/mol. The minimum atomic E-state index is -1.13. The van der Waals surface area contributed by atoms with Crippen molar-refractivity contribution in [1.82, 2.24) is 0 Å². The summed E-state index contributed by atoms with van der Waals surface area (Å²) < 4.78 is 10.6. The molecule has 4 rings (SSSR count). The maximum absolute atomic E-state index is 13.8. The van der Waals surface area contributed by atoms with Gasteiger partial charge >= 0.3 is 11.9 Å². The Morgan fingerprint density at radius 2 is 1.03 bits per heavy atom. The Balaban J connectivity index is 2.05. The van der Waals surface area contributed by atoms with Gasteiger partial charge in [-0.25, -0.2) is 9.59 Å². The summed E-state index contributed by atoms with van der Waals surface area (Å²) in [5, 5.41) is 22.0. The largest absolute Gasteiger partial charge is 0.504 e. The van der Waals surface area contributed by atoms with Gasteiger partial charge in [-0.2, -0.15) is 0 Å². The van der Waals surface area contributed by atoms with E-state index >= 15 is 0 Å². The molecule has 8 heteroatoms. The van der Waals surface area contributed by atoms with Gasteiger partial charge in [-0.1, -0.05) is 78.9 Å². The summed E-state index contributed by atoms with van der Waals surface area (Å²) >= 11 is 0. The summed E-state index contributed by atoms with van der Waals surface area (Å²) in [4.78, 5) is 53.5. The fourth-order valence-electron chi connectivity index (χ4n) is 3.84. The molecular formula is C30H22O8. The van der Waals surface area contributed by atoms with Crippen molar-refractivity contribution in [2.45, 2.75) is 6.92 Å². The first kappa shape index (κ1) is 25.8. The molecule has 0 fully saturated rings. The molecule has 4 aromatic carbocycles. The van der Waals surface area contributed by atoms with Crippen molar-refractivity contribution in [2.24, 2.45) is 0 Å². The number of ketones is 2. The zero-order valence-electron chi connectivity index (χ0n) is 20.2. The summed E-state index contributed by atoms with van der Waals surface area (Å²) in [6.45, 7) is 1.39. The van der Waals surface area contributed by atoms with E-state index in [4.69, 9.17) is 9.47 Å². The van der Waals surface area contributed by atoms with Crippen LogP contribution in [0.2, 0.25) is 0 Å². The fraction of sp³-hybridized carbons (Fsp3) is 0.0667. The van der Waals surface area contributed by atoms with Crippen LogP contribution in [0.15, 0.2) is 91.0 Å². The lowest BCUT2D eigenvalue weighted by Gasteiger charge is -2.19. The first-order valence-corrected chi connectivity index (χ1v) is 11.6. The van der Waals surface area contributed by atoms with Gasteiger partial charge in [0.1, 0.15) is 0 Å². The van der Waals surface area contributed by atoms with Crippen LogP contribution in [0.3, 0.4) is 0 Å². The number of phenolic OH excluding ortho intramolecular Hbond substituents is 2. The molecule has 0 heterocycles. The standard InChI is InChI=1S/C30H22O8/c1-2-37-30(36)21-22(24(31)18-12-6-3-7-13-18)26(33)27(34)28(38-29(35)20-16-10-5-11-17-20)23(21)25(32)19-14-8-4-9-15-19/h3-17,33-34H,2H2,1H3. The van der Waals surface area contributed by atoms with Crippen molar-refractivity contribution in [1.29, 1.82) is 0 Å². The predicted octanol–water partition coefficient (Wildman–Crippen LogP) is 4.96. The molecular weight excluding hydrogens is 488 g/mol. The number of phenols is 2. The van der Waals surface area contributed by atoms with Crippen LogP contribution >= 0.6 is 0 Å². The highest BCUT2D eigenvalue weighted by Crippen LogP contribution is 2.46. The molecule has 0 aliphatic rings. The Kier molecular flexibility index (Phi) is 7.63. The lowest BCUT2D eigenvalue weighted by atomic mass is 9.88. The topological polar surface area (TPSA) is 127 Å². The van der Waals surface area contributed by atoms with Gasteiger partial charge in [0.25, 0.3) is 0 Å². The van der Waals surface area contributed by atoms with E-state index in [0.717, 1.165) is 0 Å². The van der Waals surface area contributed by atoms with E-state index in [-0.39, 0.29) is 23.3 Å². The van der Waals surface area contributed by atoms with Crippen molar-refractivity contribution < 1.29 is 38.9 Å². The Morgan fingerprint density at radius 1 is 0.579 bits per heavy atom. The molecule has 0 atom stereocenters. The Bertz CT molecular complexity index is 1510. The minimum absolute atomic E-state index is 0.0678. The minimum Gasteiger partial charge on any atom is -0.504 e. The van der Waals surface area contributed by atoms with E-state index in [9.17, 15) is 29.4 Å². The monoisotopic (exact) mass is 510 g/mol. The number of aromatic hydroxyl groups is 2. The predicted molar refractivity (Wildman–Crippen MR) is 137 cm³/mol. The molecule has 0 amide bonds. The maximum atomic E-state index is 13.8. The first-order chi connectivity index (χ1) is 18.3. The Labute approximate surface area is 217 Å². The molecule has 0 aliphatic carbocycles. The van der Waals surface area contributed by atoms with E-state index in [1.807, 2.05) is 0 Å². The highest BCUT2D eigenvalue weighted by molar-refractivity contribution is 6.24. The van der Waals surface area contributed by atoms with Crippen molar-refractivity contribution >= 4 is 23.5 Å². The van der Waals surface area contributed by atoms with E-state index in [1.165, 1.54) is 43.3 Å². The number of carbonyl (C=O) groups is 4. The van der Waals surface area contributed by atoms with Crippen LogP contribution in [-0.4, -0.2) is 40.3 Å². The van der Waals surface area contributed by atoms with Crippen LogP contribution in [0.25, 0.3) is 0 Å². The van der Waals surface area contributed by atoms with Crippen LogP contribution in [0.4, 0.5) is 0 Å². The molecule has 0 bridgehead atoms. The number of hydrogen-bond acceptors (Lipinski definition) is 8. The van der Waals surface area contributed by atoms with Gasteiger partial charge in [-0.15, -0.1) is 0 Å². The third kappa shape index (κ3) is 5.01. The number of hydrogen-bond donors (Lipinski definition) is 2. The van der Waals surface area contributed by atoms with Crippen LogP contribution < -0.4 is 4.74 Å². The molecule has 0 radical (unpaired) electrons. The molecule has 38 heavy (non-hydrogen) atoms. The van der Waals surface area contributed by atoms with Gasteiger partial charge in [0, 0.05) is 11.1 Å². The molecule has 0 aliphatic heterocycles. The lowest BCUT2D eigenvalue weighted by Crippen LogP contribution is -2.21. The SMILES string of the molecule is CCOC(=O)c1c(C(=O)c2ccccc2)c(O)c(O)c(OC(=O)c2ccccc2)c1C(=O)c1ccccc1. The van der Waals surface area contributed by atoms with E-state index in [2.05, 4.69) is 0 Å². The second-order valence-corrected chi connectivity index (χ2v) is 8.02. The average Bonchev–Trinajstić information content (AvgIpc) is 2.96. The highest BCUT2D eigenvalue weighted by Gasteiger charge is 2.37. The van der Waals surface area contributed by atoms with E-state index in [1.54, 1.807) is 54.6 Å². The Morgan fingerprint density at radius 3 is 1.50 bits per heavy atom. The zero-order valence-corrected chi connectivity index (χ0v) is 20.2. The zero-order chi connectivity index (χ0) is 27.2. The molecule has 2 N–H and O–H groups in total. The quantitative estimate of drug-likeness (QED) is 0.147. The van der Waals surface area contributed by atoms with Crippen LogP contribution in [0, 0.1) is 0 Å². The first-order valence-electron chi connectivity index (χ1n) is 11.6. The molecule has 0 unspecified atom stereocenters. The normalized spacial score (nSPS) is 10.4. The van der Waals surface area contributed by atoms with Crippen LogP contribution in [0.5, 0.6) is 17.2 Å². The maximum Gasteiger partial charge on any atom is 0.343 e. The third-order valence-corrected chi connectivity index (χ3v) is 5.61. The third-order valence-electron chi connectivity index (χ3n) is 5.61. The smallest absolute Gasteiger partial charge is 0.343 e. The van der Waals surface area contributed by atoms with Crippen molar-refractivity contribution in [2.75, 3.05) is 6.61 Å². The molecule has 0 saturated heterocycles. The van der Waals surface area contributed by atoms with Gasteiger partial charge in [-0.3, -0.25) is 9.59 Å². The van der Waals surface area contributed by atoms with Crippen LogP contribution in [-0.2, 0) is 4.74 Å². The van der Waals surface area contributed by atoms with Crippen LogP contribution in [0.1, 0.15) is 59.5 Å². The lowest BCUT2D eigenvalue weighted by molar-refractivity contribution is 0.0517. The van der Waals surface area contributed by atoms with Gasteiger partial charge in [0.05, 0.1) is 28.9 Å². The van der Waals surface area contributed by atoms with Gasteiger partial charge < -0.3 is 19.7 Å². The molecule has 0 aromatic heterocycles. The second-order valence-electron chi connectivity index (χ2n) is 8.02. The number of benzene rings is 4. The molecule has 0 spiro atoms. The van der Waals surface area contributed by atoms with Gasteiger partial charge in [-0.05, 0) is 19.1 Å². The van der Waals surface area contributed by atoms with Crippen molar-refractivity contribution in [3.63, 3.8) is 0 Å². The highest BCUT2D eigenvalue weighted by atomic mass is 16.5. The molecule has 0 saturated carbocycles. The number of rotatable bonds is 8. The summed E-state index contributed by atoms with van der Waals surface area (Å²) in [6.07, 6.45) is 0. The van der Waals surface area contributed by atoms with E-state index < -0.39 is 57.4 Å². The van der Waals surface area contributed by atoms with Gasteiger partial charge in [0.15, 0.2) is 23.1 Å². The number of carbonyl (C=O) groups excluding carboxylic acids is 4. The summed E-state index contributed by atoms with van der Waals surface area (Å²) in [5.74, 6) is -6.68. The molecule has 8 nitrogen and oxygen atoms in total.